The molecule has 1 aromatic carbocycles. The molecule has 0 bridgehead atoms. The van der Waals surface area contributed by atoms with Crippen LogP contribution in [0, 0.1) is 0 Å². The Morgan fingerprint density at radius 3 is 2.90 bits per heavy atom. The normalized spacial score (nSPS) is 18.4. The molecule has 1 aliphatic heterocycles. The first-order valence-corrected chi connectivity index (χ1v) is 6.81. The van der Waals surface area contributed by atoms with Gasteiger partial charge < -0.3 is 20.3 Å². The highest BCUT2D eigenvalue weighted by molar-refractivity contribution is 5.89. The molecule has 1 fully saturated rings. The molecular weight excluding hydrogens is 254 g/mol. The van der Waals surface area contributed by atoms with Crippen LogP contribution in [-0.4, -0.2) is 38.4 Å². The number of hydrogen-bond donors (Lipinski definition) is 2. The van der Waals surface area contributed by atoms with Crippen molar-refractivity contribution in [3.63, 3.8) is 0 Å². The van der Waals surface area contributed by atoms with Crippen LogP contribution >= 0.6 is 0 Å². The van der Waals surface area contributed by atoms with Crippen LogP contribution in [0.25, 0.3) is 0 Å². The molecule has 20 heavy (non-hydrogen) atoms. The lowest BCUT2D eigenvalue weighted by Crippen LogP contribution is -2.41. The highest BCUT2D eigenvalue weighted by Gasteiger charge is 2.16. The Morgan fingerprint density at radius 1 is 1.50 bits per heavy atom. The number of carbonyl (C=O) groups is 1. The second kappa shape index (κ2) is 6.96. The first kappa shape index (κ1) is 14.4. The van der Waals surface area contributed by atoms with Gasteiger partial charge >= 0.3 is 6.03 Å². The van der Waals surface area contributed by atoms with Crippen molar-refractivity contribution >= 4 is 17.4 Å². The number of carbonyl (C=O) groups excluding carboxylic acids is 1. The van der Waals surface area contributed by atoms with Crippen molar-refractivity contribution in [3.05, 3.63) is 36.9 Å². The van der Waals surface area contributed by atoms with Crippen LogP contribution in [0.1, 0.15) is 6.92 Å². The van der Waals surface area contributed by atoms with Crippen molar-refractivity contribution in [1.82, 2.24) is 5.32 Å². The van der Waals surface area contributed by atoms with Crippen LogP contribution in [0.4, 0.5) is 16.2 Å². The fraction of sp³-hybridized carbons (Fsp3) is 0.400. The van der Waals surface area contributed by atoms with Gasteiger partial charge in [-0.3, -0.25) is 0 Å². The molecule has 108 valence electrons. The Kier molecular flexibility index (Phi) is 5.01. The fourth-order valence-electron chi connectivity index (χ4n) is 2.15. The molecule has 0 spiro atoms. The highest BCUT2D eigenvalue weighted by atomic mass is 16.5. The van der Waals surface area contributed by atoms with Crippen molar-refractivity contribution in [3.8, 4) is 0 Å². The molecule has 1 saturated heterocycles. The van der Waals surface area contributed by atoms with Crippen molar-refractivity contribution < 1.29 is 9.53 Å². The van der Waals surface area contributed by atoms with Crippen LogP contribution in [-0.2, 0) is 4.74 Å². The van der Waals surface area contributed by atoms with E-state index in [1.807, 2.05) is 24.3 Å². The quantitative estimate of drug-likeness (QED) is 0.828. The molecule has 5 nitrogen and oxygen atoms in total. The van der Waals surface area contributed by atoms with Crippen molar-refractivity contribution in [2.75, 3.05) is 36.5 Å². The molecule has 2 amide bonds. The van der Waals surface area contributed by atoms with Gasteiger partial charge in [0.05, 0.1) is 12.7 Å². The monoisotopic (exact) mass is 275 g/mol. The Labute approximate surface area is 119 Å². The van der Waals surface area contributed by atoms with E-state index in [1.54, 1.807) is 6.08 Å². The number of rotatable bonds is 4. The zero-order valence-electron chi connectivity index (χ0n) is 11.8. The van der Waals surface area contributed by atoms with Crippen LogP contribution in [0.3, 0.4) is 0 Å². The molecule has 1 aromatic rings. The summed E-state index contributed by atoms with van der Waals surface area (Å²) in [6, 6.07) is 7.62. The minimum absolute atomic E-state index is 0.224. The van der Waals surface area contributed by atoms with Crippen LogP contribution < -0.4 is 15.5 Å². The Bertz CT molecular complexity index is 459. The maximum absolute atomic E-state index is 11.5. The van der Waals surface area contributed by atoms with E-state index in [1.165, 1.54) is 0 Å². The minimum atomic E-state index is -0.224. The molecule has 0 saturated carbocycles. The fourth-order valence-corrected chi connectivity index (χ4v) is 2.15. The van der Waals surface area contributed by atoms with Crippen molar-refractivity contribution in [2.24, 2.45) is 0 Å². The molecule has 0 radical (unpaired) electrons. The lowest BCUT2D eigenvalue weighted by Gasteiger charge is -2.33. The zero-order chi connectivity index (χ0) is 14.4. The van der Waals surface area contributed by atoms with E-state index in [0.29, 0.717) is 6.54 Å². The highest BCUT2D eigenvalue weighted by Crippen LogP contribution is 2.20. The lowest BCUT2D eigenvalue weighted by molar-refractivity contribution is 0.0532. The van der Waals surface area contributed by atoms with E-state index in [9.17, 15) is 4.79 Å². The molecule has 0 unspecified atom stereocenters. The number of anilines is 2. The average Bonchev–Trinajstić information content (AvgIpc) is 2.46. The molecule has 5 heteroatoms. The standard InChI is InChI=1S/C15H21N3O2/c1-3-8-16-15(19)17-13-4-6-14(7-5-13)18-9-10-20-12(2)11-18/h3-7,12H,1,8-11H2,2H3,(H2,16,17,19)/t12-/m1/s1. The number of hydrogen-bond acceptors (Lipinski definition) is 3. The zero-order valence-corrected chi connectivity index (χ0v) is 11.8. The Morgan fingerprint density at radius 2 is 2.25 bits per heavy atom. The van der Waals surface area contributed by atoms with Crippen LogP contribution in [0.15, 0.2) is 36.9 Å². The van der Waals surface area contributed by atoms with Gasteiger partial charge in [-0.15, -0.1) is 6.58 Å². The van der Waals surface area contributed by atoms with E-state index in [0.717, 1.165) is 31.1 Å². The van der Waals surface area contributed by atoms with Crippen LogP contribution in [0.5, 0.6) is 0 Å². The van der Waals surface area contributed by atoms with Gasteiger partial charge in [0.25, 0.3) is 0 Å². The Balaban J connectivity index is 1.92. The van der Waals surface area contributed by atoms with Crippen LogP contribution in [0.2, 0.25) is 0 Å². The topological polar surface area (TPSA) is 53.6 Å². The summed E-state index contributed by atoms with van der Waals surface area (Å²) in [7, 11) is 0. The van der Waals surface area contributed by atoms with Gasteiger partial charge in [0, 0.05) is 31.0 Å². The number of urea groups is 1. The van der Waals surface area contributed by atoms with Gasteiger partial charge in [0.15, 0.2) is 0 Å². The molecule has 0 aliphatic carbocycles. The summed E-state index contributed by atoms with van der Waals surface area (Å²) >= 11 is 0. The molecule has 0 aromatic heterocycles. The number of morpholine rings is 1. The van der Waals surface area contributed by atoms with E-state index < -0.39 is 0 Å². The molecule has 2 N–H and O–H groups in total. The first-order valence-electron chi connectivity index (χ1n) is 6.81. The third-order valence-electron chi connectivity index (χ3n) is 3.14. The van der Waals surface area contributed by atoms with E-state index >= 15 is 0 Å². The summed E-state index contributed by atoms with van der Waals surface area (Å²) in [5.74, 6) is 0. The van der Waals surface area contributed by atoms with Gasteiger partial charge in [0.2, 0.25) is 0 Å². The Hall–Kier alpha value is -2.01. The SMILES string of the molecule is C=CCNC(=O)Nc1ccc(N2CCO[C@H](C)C2)cc1. The number of benzene rings is 1. The third-order valence-corrected chi connectivity index (χ3v) is 3.14. The predicted octanol–water partition coefficient (Wildman–Crippen LogP) is 2.22. The summed E-state index contributed by atoms with van der Waals surface area (Å²) in [4.78, 5) is 13.8. The second-order valence-corrected chi connectivity index (χ2v) is 4.80. The largest absolute Gasteiger partial charge is 0.375 e. The number of ether oxygens (including phenoxy) is 1. The van der Waals surface area contributed by atoms with Gasteiger partial charge in [-0.1, -0.05) is 6.08 Å². The van der Waals surface area contributed by atoms with E-state index in [2.05, 4.69) is 29.0 Å². The molecular formula is C15H21N3O2. The number of nitrogens with one attached hydrogen (secondary N) is 2. The predicted molar refractivity (Wildman–Crippen MR) is 81.3 cm³/mol. The summed E-state index contributed by atoms with van der Waals surface area (Å²) in [6.07, 6.45) is 1.90. The maximum Gasteiger partial charge on any atom is 0.319 e. The average molecular weight is 275 g/mol. The summed E-state index contributed by atoms with van der Waals surface area (Å²) < 4.78 is 5.53. The van der Waals surface area contributed by atoms with Gasteiger partial charge in [-0.05, 0) is 31.2 Å². The van der Waals surface area contributed by atoms with Gasteiger partial charge in [-0.25, -0.2) is 4.79 Å². The molecule has 2 rings (SSSR count). The number of amides is 2. The third kappa shape index (κ3) is 3.99. The second-order valence-electron chi connectivity index (χ2n) is 4.80. The summed E-state index contributed by atoms with van der Waals surface area (Å²) in [6.45, 7) is 8.63. The summed E-state index contributed by atoms with van der Waals surface area (Å²) in [5, 5.41) is 5.44. The number of nitrogens with zero attached hydrogens (tertiary/aromatic N) is 1. The molecule has 1 aliphatic rings. The van der Waals surface area contributed by atoms with Crippen molar-refractivity contribution in [1.29, 1.82) is 0 Å². The lowest BCUT2D eigenvalue weighted by atomic mass is 10.2. The maximum atomic E-state index is 11.5. The van der Waals surface area contributed by atoms with E-state index in [4.69, 9.17) is 4.74 Å². The van der Waals surface area contributed by atoms with E-state index in [-0.39, 0.29) is 12.1 Å². The van der Waals surface area contributed by atoms with Gasteiger partial charge in [0.1, 0.15) is 0 Å². The molecule has 1 atom stereocenters. The minimum Gasteiger partial charge on any atom is -0.375 e. The van der Waals surface area contributed by atoms with Crippen molar-refractivity contribution in [2.45, 2.75) is 13.0 Å². The smallest absolute Gasteiger partial charge is 0.319 e. The first-order chi connectivity index (χ1) is 9.69. The summed E-state index contributed by atoms with van der Waals surface area (Å²) in [5.41, 5.74) is 1.92. The van der Waals surface area contributed by atoms with Gasteiger partial charge in [-0.2, -0.15) is 0 Å². The molecule has 1 heterocycles.